The third kappa shape index (κ3) is 3.59. The number of carbonyl (C=O) groups is 1. The number of hydrogen-bond acceptors (Lipinski definition) is 4. The second kappa shape index (κ2) is 7.40. The highest BCUT2D eigenvalue weighted by Gasteiger charge is 2.16. The highest BCUT2D eigenvalue weighted by Crippen LogP contribution is 2.19. The molecule has 0 bridgehead atoms. The van der Waals surface area contributed by atoms with Gasteiger partial charge in [0.15, 0.2) is 10.6 Å². The summed E-state index contributed by atoms with van der Waals surface area (Å²) in [6.07, 6.45) is 0. The van der Waals surface area contributed by atoms with E-state index in [0.717, 1.165) is 22.2 Å². The molecule has 0 aliphatic rings. The number of amides is 1. The fourth-order valence-electron chi connectivity index (χ4n) is 3.15. The fraction of sp³-hybridized carbons (Fsp3) is 0.200. The number of nitrogens with zero attached hydrogens (tertiary/aromatic N) is 3. The molecule has 0 saturated carbocycles. The summed E-state index contributed by atoms with van der Waals surface area (Å²) in [5, 5.41) is 10.0. The summed E-state index contributed by atoms with van der Waals surface area (Å²) in [4.78, 5) is 20.4. The Kier molecular flexibility index (Phi) is 4.79. The fourth-order valence-corrected chi connectivity index (χ4v) is 3.34. The lowest BCUT2D eigenvalue weighted by molar-refractivity contribution is -0.122. The van der Waals surface area contributed by atoms with Crippen molar-refractivity contribution < 1.29 is 4.79 Å². The van der Waals surface area contributed by atoms with Crippen molar-refractivity contribution in [3.63, 3.8) is 0 Å². The quantitative estimate of drug-likeness (QED) is 0.452. The van der Waals surface area contributed by atoms with Crippen LogP contribution in [0.5, 0.6) is 0 Å². The monoisotopic (exact) mass is 392 g/mol. The molecule has 1 unspecified atom stereocenters. The number of aryl methyl sites for hydroxylation is 1. The molecule has 3 N–H and O–H groups in total. The van der Waals surface area contributed by atoms with E-state index in [4.69, 9.17) is 12.2 Å². The average molecular weight is 392 g/mol. The molecule has 0 fully saturated rings. The maximum absolute atomic E-state index is 12.7. The number of para-hydroxylation sites is 2. The van der Waals surface area contributed by atoms with E-state index in [1.54, 1.807) is 4.57 Å². The molecule has 2 heterocycles. The molecule has 2 aromatic heterocycles. The second-order valence-corrected chi connectivity index (χ2v) is 7.12. The Hall–Kier alpha value is -3.26. The van der Waals surface area contributed by atoms with Crippen molar-refractivity contribution in [2.24, 2.45) is 0 Å². The van der Waals surface area contributed by atoms with Crippen molar-refractivity contribution in [2.45, 2.75) is 26.4 Å². The SMILES string of the molecule is Cc1cccc(-c2n[nH]c(=S)n2CC(=O)NC(C)c2nc3ccccc3[nH]2)c1. The normalized spacial score (nSPS) is 12.2. The van der Waals surface area contributed by atoms with Gasteiger partial charge in [-0.1, -0.05) is 35.9 Å². The minimum Gasteiger partial charge on any atom is -0.345 e. The van der Waals surface area contributed by atoms with Gasteiger partial charge in [-0.25, -0.2) is 4.98 Å². The molecule has 0 aliphatic carbocycles. The van der Waals surface area contributed by atoms with Crippen LogP contribution >= 0.6 is 12.2 Å². The van der Waals surface area contributed by atoms with Crippen molar-refractivity contribution in [3.8, 4) is 11.4 Å². The van der Waals surface area contributed by atoms with Crippen LogP contribution in [0.15, 0.2) is 48.5 Å². The van der Waals surface area contributed by atoms with Crippen LogP contribution in [-0.4, -0.2) is 30.6 Å². The largest absolute Gasteiger partial charge is 0.345 e. The van der Waals surface area contributed by atoms with Gasteiger partial charge in [0, 0.05) is 5.56 Å². The molecule has 142 valence electrons. The van der Waals surface area contributed by atoms with Crippen LogP contribution in [0.4, 0.5) is 0 Å². The Bertz CT molecular complexity index is 1170. The predicted octanol–water partition coefficient (Wildman–Crippen LogP) is 3.67. The number of hydrogen-bond donors (Lipinski definition) is 3. The average Bonchev–Trinajstić information content (AvgIpc) is 3.26. The maximum atomic E-state index is 12.7. The van der Waals surface area contributed by atoms with Gasteiger partial charge in [0.25, 0.3) is 0 Å². The Morgan fingerprint density at radius 3 is 2.86 bits per heavy atom. The van der Waals surface area contributed by atoms with Gasteiger partial charge in [0.05, 0.1) is 17.1 Å². The third-order valence-electron chi connectivity index (χ3n) is 4.53. The number of nitrogens with one attached hydrogen (secondary N) is 3. The predicted molar refractivity (Wildman–Crippen MR) is 110 cm³/mol. The van der Waals surface area contributed by atoms with E-state index < -0.39 is 0 Å². The summed E-state index contributed by atoms with van der Waals surface area (Å²) in [7, 11) is 0. The van der Waals surface area contributed by atoms with E-state index in [0.29, 0.717) is 16.4 Å². The number of aromatic amines is 2. The number of benzene rings is 2. The number of H-pyrrole nitrogens is 2. The molecule has 0 saturated heterocycles. The summed E-state index contributed by atoms with van der Waals surface area (Å²) in [6, 6.07) is 15.4. The zero-order valence-corrected chi connectivity index (χ0v) is 16.4. The molecule has 0 aliphatic heterocycles. The molecule has 7 nitrogen and oxygen atoms in total. The lowest BCUT2D eigenvalue weighted by Gasteiger charge is -2.13. The molecule has 0 spiro atoms. The van der Waals surface area contributed by atoms with Gasteiger partial charge >= 0.3 is 0 Å². The van der Waals surface area contributed by atoms with Crippen LogP contribution in [0.1, 0.15) is 24.4 Å². The lowest BCUT2D eigenvalue weighted by atomic mass is 10.1. The number of imidazole rings is 1. The molecule has 4 rings (SSSR count). The highest BCUT2D eigenvalue weighted by molar-refractivity contribution is 7.71. The topological polar surface area (TPSA) is 91.4 Å². The van der Waals surface area contributed by atoms with Gasteiger partial charge in [-0.3, -0.25) is 14.5 Å². The van der Waals surface area contributed by atoms with Crippen LogP contribution in [-0.2, 0) is 11.3 Å². The molecular formula is C20H20N6OS. The number of carbonyl (C=O) groups excluding carboxylic acids is 1. The zero-order valence-electron chi connectivity index (χ0n) is 15.6. The molecular weight excluding hydrogens is 372 g/mol. The highest BCUT2D eigenvalue weighted by atomic mass is 32.1. The van der Waals surface area contributed by atoms with Gasteiger partial charge in [-0.2, -0.15) is 5.10 Å². The molecule has 8 heteroatoms. The third-order valence-corrected chi connectivity index (χ3v) is 4.84. The molecule has 28 heavy (non-hydrogen) atoms. The van der Waals surface area contributed by atoms with Gasteiger partial charge < -0.3 is 10.3 Å². The lowest BCUT2D eigenvalue weighted by Crippen LogP contribution is -2.31. The van der Waals surface area contributed by atoms with E-state index in [1.165, 1.54) is 0 Å². The van der Waals surface area contributed by atoms with Gasteiger partial charge in [-0.05, 0) is 44.3 Å². The van der Waals surface area contributed by atoms with E-state index in [1.807, 2.05) is 62.4 Å². The summed E-state index contributed by atoms with van der Waals surface area (Å²) in [5.41, 5.74) is 3.83. The minimum absolute atomic E-state index is 0.0726. The van der Waals surface area contributed by atoms with Crippen molar-refractivity contribution in [3.05, 3.63) is 64.7 Å². The minimum atomic E-state index is -0.261. The Balaban J connectivity index is 1.52. The smallest absolute Gasteiger partial charge is 0.240 e. The number of rotatable bonds is 5. The second-order valence-electron chi connectivity index (χ2n) is 6.74. The number of fused-ring (bicyclic) bond motifs is 1. The first-order valence-corrected chi connectivity index (χ1v) is 9.38. The first-order chi connectivity index (χ1) is 13.5. The van der Waals surface area contributed by atoms with Gasteiger partial charge in [0.1, 0.15) is 12.4 Å². The van der Waals surface area contributed by atoms with E-state index in [9.17, 15) is 4.79 Å². The van der Waals surface area contributed by atoms with Crippen molar-refractivity contribution >= 4 is 29.2 Å². The van der Waals surface area contributed by atoms with Crippen LogP contribution in [0.25, 0.3) is 22.4 Å². The molecule has 1 amide bonds. The first-order valence-electron chi connectivity index (χ1n) is 8.97. The standard InChI is InChI=1S/C20H20N6OS/c1-12-6-5-7-14(10-12)19-24-25-20(28)26(19)11-17(27)21-13(2)18-22-15-8-3-4-9-16(15)23-18/h3-10,13H,11H2,1-2H3,(H,21,27)(H,22,23)(H,25,28). The van der Waals surface area contributed by atoms with Crippen LogP contribution in [0.2, 0.25) is 0 Å². The van der Waals surface area contributed by atoms with Crippen LogP contribution in [0.3, 0.4) is 0 Å². The van der Waals surface area contributed by atoms with Crippen LogP contribution < -0.4 is 5.32 Å². The van der Waals surface area contributed by atoms with Crippen molar-refractivity contribution in [2.75, 3.05) is 0 Å². The Morgan fingerprint density at radius 2 is 2.07 bits per heavy atom. The van der Waals surface area contributed by atoms with Gasteiger partial charge in [-0.15, -0.1) is 0 Å². The maximum Gasteiger partial charge on any atom is 0.240 e. The Morgan fingerprint density at radius 1 is 1.25 bits per heavy atom. The molecule has 2 aromatic carbocycles. The van der Waals surface area contributed by atoms with E-state index in [2.05, 4.69) is 25.5 Å². The van der Waals surface area contributed by atoms with Gasteiger partial charge in [0.2, 0.25) is 5.91 Å². The summed E-state index contributed by atoms with van der Waals surface area (Å²) in [6.45, 7) is 3.98. The summed E-state index contributed by atoms with van der Waals surface area (Å²) in [5.74, 6) is 1.18. The van der Waals surface area contributed by atoms with E-state index >= 15 is 0 Å². The first kappa shape index (κ1) is 18.1. The Labute approximate surface area is 166 Å². The van der Waals surface area contributed by atoms with Crippen molar-refractivity contribution in [1.82, 2.24) is 30.0 Å². The molecule has 4 aromatic rings. The van der Waals surface area contributed by atoms with Crippen molar-refractivity contribution in [1.29, 1.82) is 0 Å². The summed E-state index contributed by atoms with van der Waals surface area (Å²) < 4.78 is 2.10. The van der Waals surface area contributed by atoms with Crippen LogP contribution in [0, 0.1) is 11.7 Å². The zero-order chi connectivity index (χ0) is 19.7. The van der Waals surface area contributed by atoms with E-state index in [-0.39, 0.29) is 18.5 Å². The summed E-state index contributed by atoms with van der Waals surface area (Å²) >= 11 is 5.32. The molecule has 0 radical (unpaired) electrons. The molecule has 1 atom stereocenters. The number of aromatic nitrogens is 5.